The van der Waals surface area contributed by atoms with E-state index in [1.54, 1.807) is 0 Å². The van der Waals surface area contributed by atoms with Crippen molar-refractivity contribution in [1.29, 1.82) is 0 Å². The lowest BCUT2D eigenvalue weighted by molar-refractivity contribution is 0.156. The van der Waals surface area contributed by atoms with E-state index in [9.17, 15) is 0 Å². The first-order valence-corrected chi connectivity index (χ1v) is 9.22. The summed E-state index contributed by atoms with van der Waals surface area (Å²) in [6.45, 7) is 9.51. The monoisotopic (exact) mass is 329 g/mol. The second kappa shape index (κ2) is 7.56. The van der Waals surface area contributed by atoms with Crippen molar-refractivity contribution >= 4 is 5.96 Å². The molecule has 2 unspecified atom stereocenters. The summed E-state index contributed by atoms with van der Waals surface area (Å²) in [6, 6.07) is 10.8. The molecule has 24 heavy (non-hydrogen) atoms. The minimum atomic E-state index is 0.370. The number of nitrogens with one attached hydrogen (secondary N) is 1. The van der Waals surface area contributed by atoms with Gasteiger partial charge in [-0.05, 0) is 24.3 Å². The number of ether oxygens (including phenoxy) is 1. The highest BCUT2D eigenvalue weighted by atomic mass is 16.5. The molecule has 0 amide bonds. The van der Waals surface area contributed by atoms with Gasteiger partial charge in [-0.1, -0.05) is 44.2 Å². The zero-order valence-corrected chi connectivity index (χ0v) is 15.3. The van der Waals surface area contributed by atoms with Crippen molar-refractivity contribution in [2.75, 3.05) is 39.9 Å². The summed E-state index contributed by atoms with van der Waals surface area (Å²) in [7, 11) is 1.89. The molecule has 0 saturated carbocycles. The lowest BCUT2D eigenvalue weighted by Crippen LogP contribution is -2.43. The molecule has 2 saturated heterocycles. The summed E-state index contributed by atoms with van der Waals surface area (Å²) in [5.41, 5.74) is 1.77. The molecule has 1 N–H and O–H groups in total. The average Bonchev–Trinajstić information content (AvgIpc) is 3.22. The number of guanidine groups is 1. The second-order valence-electron chi connectivity index (χ2n) is 7.66. The van der Waals surface area contributed by atoms with Crippen LogP contribution in [0.3, 0.4) is 0 Å². The van der Waals surface area contributed by atoms with Crippen LogP contribution in [0.25, 0.3) is 0 Å². The van der Waals surface area contributed by atoms with Crippen LogP contribution in [-0.2, 0) is 4.74 Å². The average molecular weight is 329 g/mol. The van der Waals surface area contributed by atoms with Gasteiger partial charge in [0.1, 0.15) is 0 Å². The first-order valence-electron chi connectivity index (χ1n) is 9.22. The van der Waals surface area contributed by atoms with Crippen molar-refractivity contribution < 1.29 is 4.74 Å². The third kappa shape index (κ3) is 3.75. The molecule has 132 valence electrons. The van der Waals surface area contributed by atoms with Gasteiger partial charge in [0.15, 0.2) is 5.96 Å². The Kier molecular flexibility index (Phi) is 5.44. The van der Waals surface area contributed by atoms with Gasteiger partial charge in [-0.3, -0.25) is 4.99 Å². The van der Waals surface area contributed by atoms with Crippen LogP contribution in [0.5, 0.6) is 0 Å². The molecule has 3 rings (SSSR count). The van der Waals surface area contributed by atoms with Crippen LogP contribution >= 0.6 is 0 Å². The number of benzene rings is 1. The summed E-state index contributed by atoms with van der Waals surface area (Å²) >= 11 is 0. The molecule has 4 nitrogen and oxygen atoms in total. The zero-order valence-electron chi connectivity index (χ0n) is 15.3. The van der Waals surface area contributed by atoms with Crippen LogP contribution in [0.4, 0.5) is 0 Å². The highest BCUT2D eigenvalue weighted by molar-refractivity contribution is 5.80. The fraction of sp³-hybridized carbons (Fsp3) is 0.650. The van der Waals surface area contributed by atoms with Gasteiger partial charge in [-0.25, -0.2) is 0 Å². The SMILES string of the molecule is CN=C(NCC(c1ccccc1)C(C)C)N1CCC2(CCOC2)C1. The van der Waals surface area contributed by atoms with Crippen LogP contribution < -0.4 is 5.32 Å². The molecule has 4 heteroatoms. The van der Waals surface area contributed by atoms with Crippen molar-refractivity contribution in [1.82, 2.24) is 10.2 Å². The van der Waals surface area contributed by atoms with Crippen LogP contribution in [0.1, 0.15) is 38.2 Å². The maximum absolute atomic E-state index is 5.64. The maximum atomic E-state index is 5.64. The number of aliphatic imine (C=N–C) groups is 1. The number of likely N-dealkylation sites (tertiary alicyclic amines) is 1. The normalized spacial score (nSPS) is 25.7. The highest BCUT2D eigenvalue weighted by Crippen LogP contribution is 2.38. The Morgan fingerprint density at radius 3 is 2.71 bits per heavy atom. The second-order valence-corrected chi connectivity index (χ2v) is 7.66. The fourth-order valence-corrected chi connectivity index (χ4v) is 4.06. The topological polar surface area (TPSA) is 36.9 Å². The first kappa shape index (κ1) is 17.3. The molecule has 1 aromatic carbocycles. The number of hydrogen-bond acceptors (Lipinski definition) is 2. The lowest BCUT2D eigenvalue weighted by Gasteiger charge is -2.28. The Morgan fingerprint density at radius 1 is 1.29 bits per heavy atom. The predicted molar refractivity (Wildman–Crippen MR) is 99.4 cm³/mol. The molecule has 0 aromatic heterocycles. The summed E-state index contributed by atoms with van der Waals surface area (Å²) in [6.07, 6.45) is 2.42. The fourth-order valence-electron chi connectivity index (χ4n) is 4.06. The predicted octanol–water partition coefficient (Wildman–Crippen LogP) is 3.11. The maximum Gasteiger partial charge on any atom is 0.193 e. The summed E-state index contributed by atoms with van der Waals surface area (Å²) < 4.78 is 5.64. The number of nitrogens with zero attached hydrogens (tertiary/aromatic N) is 2. The third-order valence-corrected chi connectivity index (χ3v) is 5.65. The van der Waals surface area contributed by atoms with Crippen LogP contribution in [0.15, 0.2) is 35.3 Å². The van der Waals surface area contributed by atoms with E-state index in [0.29, 0.717) is 17.3 Å². The van der Waals surface area contributed by atoms with E-state index in [1.807, 2.05) is 7.05 Å². The van der Waals surface area contributed by atoms with Crippen molar-refractivity contribution in [3.05, 3.63) is 35.9 Å². The molecule has 2 heterocycles. The van der Waals surface area contributed by atoms with E-state index in [2.05, 4.69) is 59.4 Å². The molecule has 0 radical (unpaired) electrons. The molecule has 0 aliphatic carbocycles. The van der Waals surface area contributed by atoms with E-state index in [1.165, 1.54) is 18.4 Å². The Bertz CT molecular complexity index is 549. The minimum Gasteiger partial charge on any atom is -0.381 e. The van der Waals surface area contributed by atoms with Gasteiger partial charge in [0.2, 0.25) is 0 Å². The van der Waals surface area contributed by atoms with Gasteiger partial charge in [0.05, 0.1) is 6.61 Å². The minimum absolute atomic E-state index is 0.370. The first-order chi connectivity index (χ1) is 11.6. The molecule has 2 aliphatic heterocycles. The van der Waals surface area contributed by atoms with Crippen LogP contribution in [0, 0.1) is 11.3 Å². The number of rotatable bonds is 4. The van der Waals surface area contributed by atoms with E-state index >= 15 is 0 Å². The Labute approximate surface area is 146 Å². The zero-order chi connectivity index (χ0) is 17.0. The summed E-state index contributed by atoms with van der Waals surface area (Å²) in [5.74, 6) is 2.13. The number of hydrogen-bond donors (Lipinski definition) is 1. The largest absolute Gasteiger partial charge is 0.381 e. The molecule has 2 fully saturated rings. The highest BCUT2D eigenvalue weighted by Gasteiger charge is 2.42. The van der Waals surface area contributed by atoms with Gasteiger partial charge in [0, 0.05) is 44.6 Å². The quantitative estimate of drug-likeness (QED) is 0.681. The van der Waals surface area contributed by atoms with E-state index in [0.717, 1.165) is 38.8 Å². The van der Waals surface area contributed by atoms with Gasteiger partial charge in [0.25, 0.3) is 0 Å². The smallest absolute Gasteiger partial charge is 0.193 e. The van der Waals surface area contributed by atoms with Gasteiger partial charge < -0.3 is 15.0 Å². The van der Waals surface area contributed by atoms with E-state index < -0.39 is 0 Å². The van der Waals surface area contributed by atoms with Gasteiger partial charge in [-0.2, -0.15) is 0 Å². The van der Waals surface area contributed by atoms with E-state index in [-0.39, 0.29) is 0 Å². The lowest BCUT2D eigenvalue weighted by atomic mass is 9.87. The van der Waals surface area contributed by atoms with Crippen molar-refractivity contribution in [3.63, 3.8) is 0 Å². The van der Waals surface area contributed by atoms with Gasteiger partial charge >= 0.3 is 0 Å². The van der Waals surface area contributed by atoms with Crippen molar-refractivity contribution in [3.8, 4) is 0 Å². The Balaban J connectivity index is 1.61. The van der Waals surface area contributed by atoms with Crippen molar-refractivity contribution in [2.45, 2.75) is 32.6 Å². The molecule has 0 bridgehead atoms. The summed E-state index contributed by atoms with van der Waals surface area (Å²) in [4.78, 5) is 6.95. The Morgan fingerprint density at radius 2 is 2.08 bits per heavy atom. The van der Waals surface area contributed by atoms with Gasteiger partial charge in [-0.15, -0.1) is 0 Å². The molecule has 1 spiro atoms. The molecular formula is C20H31N3O. The third-order valence-electron chi connectivity index (χ3n) is 5.65. The molecule has 2 atom stereocenters. The molecule has 2 aliphatic rings. The van der Waals surface area contributed by atoms with Crippen LogP contribution in [0.2, 0.25) is 0 Å². The molecule has 1 aromatic rings. The Hall–Kier alpha value is -1.55. The van der Waals surface area contributed by atoms with E-state index in [4.69, 9.17) is 4.74 Å². The van der Waals surface area contributed by atoms with Crippen molar-refractivity contribution in [2.24, 2.45) is 16.3 Å². The summed E-state index contributed by atoms with van der Waals surface area (Å²) in [5, 5.41) is 3.63. The van der Waals surface area contributed by atoms with Crippen LogP contribution in [-0.4, -0.2) is 50.8 Å². The standard InChI is InChI=1S/C20H31N3O/c1-16(2)18(17-7-5-4-6-8-17)13-22-19(21-3)23-11-9-20(14-23)10-12-24-15-20/h4-8,16,18H,9-15H2,1-3H3,(H,21,22). The molecular weight excluding hydrogens is 298 g/mol.